The second-order valence-corrected chi connectivity index (χ2v) is 5.85. The summed E-state index contributed by atoms with van der Waals surface area (Å²) in [6.07, 6.45) is 1.83. The zero-order chi connectivity index (χ0) is 13.7. The van der Waals surface area contributed by atoms with Gasteiger partial charge in [0.25, 0.3) is 0 Å². The highest BCUT2D eigenvalue weighted by Crippen LogP contribution is 2.69. The number of hydrogen-bond acceptors (Lipinski definition) is 1. The van der Waals surface area contributed by atoms with Gasteiger partial charge in [-0.05, 0) is 24.1 Å². The molecule has 2 aromatic rings. The Labute approximate surface area is 119 Å². The molecule has 1 heteroatoms. The first-order chi connectivity index (χ1) is 9.76. The van der Waals surface area contributed by atoms with Gasteiger partial charge in [-0.2, -0.15) is 0 Å². The molecule has 0 aromatic heterocycles. The van der Waals surface area contributed by atoms with Crippen LogP contribution in [0.15, 0.2) is 72.3 Å². The quantitative estimate of drug-likeness (QED) is 0.803. The van der Waals surface area contributed by atoms with Gasteiger partial charge in [0.05, 0.1) is 0 Å². The van der Waals surface area contributed by atoms with Gasteiger partial charge in [-0.3, -0.25) is 4.79 Å². The van der Waals surface area contributed by atoms with Crippen molar-refractivity contribution in [2.75, 3.05) is 0 Å². The largest absolute Gasteiger partial charge is 0.294 e. The van der Waals surface area contributed by atoms with Crippen LogP contribution in [0.1, 0.15) is 18.1 Å². The first-order valence-corrected chi connectivity index (χ1v) is 7.09. The minimum absolute atomic E-state index is 0.104. The van der Waals surface area contributed by atoms with Gasteiger partial charge in [0.2, 0.25) is 0 Å². The van der Waals surface area contributed by atoms with E-state index in [1.807, 2.05) is 18.2 Å². The Bertz CT molecular complexity index is 658. The van der Waals surface area contributed by atoms with Crippen LogP contribution >= 0.6 is 0 Å². The van der Waals surface area contributed by atoms with Crippen LogP contribution in [0.2, 0.25) is 0 Å². The van der Waals surface area contributed by atoms with Crippen LogP contribution in [0.3, 0.4) is 0 Å². The van der Waals surface area contributed by atoms with E-state index in [-0.39, 0.29) is 11.3 Å². The van der Waals surface area contributed by atoms with E-state index in [1.165, 1.54) is 16.7 Å². The van der Waals surface area contributed by atoms with Crippen molar-refractivity contribution in [3.63, 3.8) is 0 Å². The van der Waals surface area contributed by atoms with E-state index in [1.54, 1.807) is 0 Å². The van der Waals surface area contributed by atoms with Gasteiger partial charge in [0.15, 0.2) is 5.78 Å². The number of allylic oxidation sites excluding steroid dienone is 2. The molecule has 2 aromatic carbocycles. The van der Waals surface area contributed by atoms with Crippen molar-refractivity contribution in [2.45, 2.75) is 12.3 Å². The van der Waals surface area contributed by atoms with E-state index < -0.39 is 0 Å². The van der Waals surface area contributed by atoms with Crippen LogP contribution < -0.4 is 0 Å². The van der Waals surface area contributed by atoms with Crippen LogP contribution in [0.5, 0.6) is 0 Å². The molecule has 1 fully saturated rings. The molecule has 98 valence electrons. The SMILES string of the molecule is CC1=CC(=O)C2C1C2(c1ccccc1)c1ccccc1. The van der Waals surface area contributed by atoms with E-state index in [0.717, 1.165) is 0 Å². The summed E-state index contributed by atoms with van der Waals surface area (Å²) in [5, 5.41) is 0. The standard InChI is InChI=1S/C19H16O/c1-13-12-16(20)18-17(13)19(18,14-8-4-2-5-9-14)15-10-6-3-7-11-15/h2-12,17-18H,1H3. The molecule has 0 saturated heterocycles. The van der Waals surface area contributed by atoms with Gasteiger partial charge in [0, 0.05) is 17.3 Å². The van der Waals surface area contributed by atoms with E-state index in [0.29, 0.717) is 11.7 Å². The lowest BCUT2D eigenvalue weighted by Crippen LogP contribution is -2.19. The Morgan fingerprint density at radius 1 is 0.800 bits per heavy atom. The molecule has 0 amide bonds. The predicted molar refractivity (Wildman–Crippen MR) is 79.4 cm³/mol. The molecule has 0 bridgehead atoms. The number of rotatable bonds is 2. The lowest BCUT2D eigenvalue weighted by Gasteiger charge is -2.21. The van der Waals surface area contributed by atoms with Gasteiger partial charge in [-0.15, -0.1) is 0 Å². The maximum absolute atomic E-state index is 12.3. The Hall–Kier alpha value is -2.15. The van der Waals surface area contributed by atoms with Gasteiger partial charge < -0.3 is 0 Å². The molecule has 0 spiro atoms. The molecule has 0 radical (unpaired) electrons. The molecule has 0 aliphatic heterocycles. The van der Waals surface area contributed by atoms with Gasteiger partial charge >= 0.3 is 0 Å². The van der Waals surface area contributed by atoms with Gasteiger partial charge in [-0.1, -0.05) is 66.2 Å². The second kappa shape index (κ2) is 3.92. The molecule has 0 N–H and O–H groups in total. The Morgan fingerprint density at radius 3 is 1.70 bits per heavy atom. The molecule has 0 heterocycles. The third-order valence-corrected chi connectivity index (χ3v) is 4.88. The highest BCUT2D eigenvalue weighted by Gasteiger charge is 2.71. The zero-order valence-electron chi connectivity index (χ0n) is 11.4. The fourth-order valence-electron chi connectivity index (χ4n) is 4.12. The fraction of sp³-hybridized carbons (Fsp3) is 0.211. The Balaban J connectivity index is 1.94. The molecule has 4 rings (SSSR count). The minimum atomic E-state index is -0.127. The summed E-state index contributed by atoms with van der Waals surface area (Å²) in [6, 6.07) is 21.0. The number of fused-ring (bicyclic) bond motifs is 1. The third kappa shape index (κ3) is 1.30. The van der Waals surface area contributed by atoms with Crippen LogP contribution in [-0.2, 0) is 10.2 Å². The Morgan fingerprint density at radius 2 is 1.30 bits per heavy atom. The molecule has 1 saturated carbocycles. The maximum atomic E-state index is 12.3. The van der Waals surface area contributed by atoms with Crippen molar-refractivity contribution in [1.29, 1.82) is 0 Å². The average Bonchev–Trinajstić information content (AvgIpc) is 3.12. The zero-order valence-corrected chi connectivity index (χ0v) is 11.4. The minimum Gasteiger partial charge on any atom is -0.294 e. The molecule has 2 atom stereocenters. The lowest BCUT2D eigenvalue weighted by molar-refractivity contribution is -0.115. The molecular formula is C19H16O. The van der Waals surface area contributed by atoms with Crippen molar-refractivity contribution in [2.24, 2.45) is 11.8 Å². The van der Waals surface area contributed by atoms with Gasteiger partial charge in [0.1, 0.15) is 0 Å². The van der Waals surface area contributed by atoms with Crippen molar-refractivity contribution < 1.29 is 4.79 Å². The van der Waals surface area contributed by atoms with Crippen molar-refractivity contribution in [1.82, 2.24) is 0 Å². The maximum Gasteiger partial charge on any atom is 0.160 e. The predicted octanol–water partition coefficient (Wildman–Crippen LogP) is 3.75. The lowest BCUT2D eigenvalue weighted by atomic mass is 9.81. The van der Waals surface area contributed by atoms with E-state index in [4.69, 9.17) is 0 Å². The smallest absolute Gasteiger partial charge is 0.160 e. The number of carbonyl (C=O) groups is 1. The van der Waals surface area contributed by atoms with Crippen LogP contribution in [0, 0.1) is 11.8 Å². The summed E-state index contributed by atoms with van der Waals surface area (Å²) in [6.45, 7) is 2.09. The van der Waals surface area contributed by atoms with Crippen LogP contribution in [0.4, 0.5) is 0 Å². The summed E-state index contributed by atoms with van der Waals surface area (Å²) >= 11 is 0. The van der Waals surface area contributed by atoms with E-state index in [9.17, 15) is 4.79 Å². The molecule has 20 heavy (non-hydrogen) atoms. The number of benzene rings is 2. The van der Waals surface area contributed by atoms with Crippen LogP contribution in [0.25, 0.3) is 0 Å². The summed E-state index contributed by atoms with van der Waals surface area (Å²) in [5.74, 6) is 0.743. The van der Waals surface area contributed by atoms with Crippen molar-refractivity contribution >= 4 is 5.78 Å². The number of carbonyl (C=O) groups excluding carboxylic acids is 1. The summed E-state index contributed by atoms with van der Waals surface area (Å²) in [4.78, 5) is 12.3. The molecule has 1 nitrogen and oxygen atoms in total. The highest BCUT2D eigenvalue weighted by molar-refractivity contribution is 6.02. The monoisotopic (exact) mass is 260 g/mol. The van der Waals surface area contributed by atoms with Gasteiger partial charge in [-0.25, -0.2) is 0 Å². The summed E-state index contributed by atoms with van der Waals surface area (Å²) in [5.41, 5.74) is 3.63. The molecular weight excluding hydrogens is 244 g/mol. The van der Waals surface area contributed by atoms with Crippen LogP contribution in [-0.4, -0.2) is 5.78 Å². The topological polar surface area (TPSA) is 17.1 Å². The van der Waals surface area contributed by atoms with E-state index >= 15 is 0 Å². The fourth-order valence-corrected chi connectivity index (χ4v) is 4.12. The first kappa shape index (κ1) is 11.7. The summed E-state index contributed by atoms with van der Waals surface area (Å²) < 4.78 is 0. The second-order valence-electron chi connectivity index (χ2n) is 5.85. The summed E-state index contributed by atoms with van der Waals surface area (Å²) in [7, 11) is 0. The average molecular weight is 260 g/mol. The normalized spacial score (nSPS) is 26.1. The van der Waals surface area contributed by atoms with Crippen molar-refractivity contribution in [3.8, 4) is 0 Å². The molecule has 2 aliphatic carbocycles. The number of ketones is 1. The van der Waals surface area contributed by atoms with Crippen molar-refractivity contribution in [3.05, 3.63) is 83.4 Å². The highest BCUT2D eigenvalue weighted by atomic mass is 16.1. The Kier molecular flexibility index (Phi) is 2.29. The third-order valence-electron chi connectivity index (χ3n) is 4.88. The van der Waals surface area contributed by atoms with E-state index in [2.05, 4.69) is 55.5 Å². The molecule has 2 unspecified atom stereocenters. The first-order valence-electron chi connectivity index (χ1n) is 7.09. The molecule has 2 aliphatic rings. The number of hydrogen-bond donors (Lipinski definition) is 0.